The number of allylic oxidation sites excluding steroid dienone is 2. The molecule has 0 saturated carbocycles. The lowest BCUT2D eigenvalue weighted by molar-refractivity contribution is 1.49. The Balaban J connectivity index is 1.61. The summed E-state index contributed by atoms with van der Waals surface area (Å²) in [7, 11) is 2.19. The first-order valence-electron chi connectivity index (χ1n) is 14.6. The fraction of sp³-hybridized carbons (Fsp3) is 0.0500. The van der Waals surface area contributed by atoms with E-state index in [0.29, 0.717) is 0 Å². The minimum absolute atomic E-state index is 1.04. The Hall–Kier alpha value is -3.44. The lowest BCUT2D eigenvalue weighted by atomic mass is 9.83. The molecular weight excluding hydrogens is 731 g/mol. The van der Waals surface area contributed by atoms with Gasteiger partial charge in [-0.1, -0.05) is 169 Å². The standard InChI is InChI=1S/C40H32BBr3/c1-3-11-29-22-34(38(42)24-30(29)12-4-2)36-26-39(43)35(25-40(36)44)33-21-31(19-17-27-13-7-5-8-14-27)32(23-37(33)41)20-18-28-15-9-6-10-16-28/h3-26H,41H2,1-2H3/b11-3+,12-4+,19-17+,20-18+. The van der Waals surface area contributed by atoms with Crippen LogP contribution in [0.5, 0.6) is 0 Å². The van der Waals surface area contributed by atoms with Gasteiger partial charge in [-0.05, 0) is 99.8 Å². The second-order valence-corrected chi connectivity index (χ2v) is 13.1. The molecule has 0 bridgehead atoms. The van der Waals surface area contributed by atoms with Crippen LogP contribution in [0.25, 0.3) is 58.7 Å². The zero-order valence-corrected chi connectivity index (χ0v) is 29.7. The van der Waals surface area contributed by atoms with Gasteiger partial charge in [0.15, 0.2) is 0 Å². The smallest absolute Gasteiger partial charge is 0.0870 e. The Morgan fingerprint density at radius 2 is 0.818 bits per heavy atom. The molecule has 44 heavy (non-hydrogen) atoms. The molecule has 0 aliphatic rings. The highest BCUT2D eigenvalue weighted by atomic mass is 79.9. The van der Waals surface area contributed by atoms with E-state index in [1.807, 2.05) is 19.1 Å². The zero-order valence-electron chi connectivity index (χ0n) is 25.0. The van der Waals surface area contributed by atoms with E-state index in [9.17, 15) is 0 Å². The third-order valence-corrected chi connectivity index (χ3v) is 9.41. The highest BCUT2D eigenvalue weighted by molar-refractivity contribution is 9.11. The first-order valence-corrected chi connectivity index (χ1v) is 17.0. The first-order chi connectivity index (χ1) is 21.4. The summed E-state index contributed by atoms with van der Waals surface area (Å²) in [5, 5.41) is 0. The molecule has 0 heterocycles. The van der Waals surface area contributed by atoms with Crippen molar-refractivity contribution in [2.45, 2.75) is 13.8 Å². The van der Waals surface area contributed by atoms with Gasteiger partial charge >= 0.3 is 0 Å². The van der Waals surface area contributed by atoms with Gasteiger partial charge in [0.05, 0.1) is 0 Å². The average molecular weight is 763 g/mol. The van der Waals surface area contributed by atoms with Crippen molar-refractivity contribution in [1.29, 1.82) is 0 Å². The summed E-state index contributed by atoms with van der Waals surface area (Å²) < 4.78 is 3.13. The Bertz CT molecular complexity index is 1900. The van der Waals surface area contributed by atoms with Gasteiger partial charge in [-0.3, -0.25) is 0 Å². The molecule has 0 fully saturated rings. The fourth-order valence-electron chi connectivity index (χ4n) is 5.25. The maximum Gasteiger partial charge on any atom is 0.140 e. The summed E-state index contributed by atoms with van der Waals surface area (Å²) in [6.45, 7) is 4.10. The summed E-state index contributed by atoms with van der Waals surface area (Å²) in [4.78, 5) is 0. The molecule has 0 unspecified atom stereocenters. The molecule has 0 saturated heterocycles. The van der Waals surface area contributed by atoms with Gasteiger partial charge in [-0.25, -0.2) is 0 Å². The van der Waals surface area contributed by atoms with Crippen molar-refractivity contribution in [3.8, 4) is 22.3 Å². The van der Waals surface area contributed by atoms with Crippen LogP contribution in [0, 0.1) is 0 Å². The molecule has 0 amide bonds. The molecule has 0 aliphatic carbocycles. The van der Waals surface area contributed by atoms with E-state index in [2.05, 4.69) is 196 Å². The molecule has 0 radical (unpaired) electrons. The van der Waals surface area contributed by atoms with Crippen LogP contribution in [0.3, 0.4) is 0 Å². The SMILES string of the molecule is Bc1cc(/C=C/c2ccccc2)c(/C=C/c2ccccc2)cc1-c1cc(Br)c(-c2cc(/C=C/C)c(/C=C/C)cc2Br)cc1Br. The minimum atomic E-state index is 1.04. The van der Waals surface area contributed by atoms with Crippen molar-refractivity contribution in [3.05, 3.63) is 156 Å². The molecule has 0 nitrogen and oxygen atoms in total. The molecule has 0 aromatic heterocycles. The van der Waals surface area contributed by atoms with E-state index in [1.54, 1.807) is 0 Å². The van der Waals surface area contributed by atoms with Gasteiger partial charge in [0.2, 0.25) is 0 Å². The van der Waals surface area contributed by atoms with Crippen LogP contribution in [0.2, 0.25) is 0 Å². The van der Waals surface area contributed by atoms with Crippen LogP contribution in [0.4, 0.5) is 0 Å². The Kier molecular flexibility index (Phi) is 10.9. The van der Waals surface area contributed by atoms with Crippen LogP contribution >= 0.6 is 47.8 Å². The van der Waals surface area contributed by atoms with E-state index in [0.717, 1.165) is 35.7 Å². The third kappa shape index (κ3) is 7.61. The predicted molar refractivity (Wildman–Crippen MR) is 209 cm³/mol. The number of benzene rings is 5. The predicted octanol–water partition coefficient (Wildman–Crippen LogP) is 12.0. The second-order valence-electron chi connectivity index (χ2n) is 10.6. The molecule has 0 atom stereocenters. The molecule has 0 N–H and O–H groups in total. The van der Waals surface area contributed by atoms with Crippen LogP contribution < -0.4 is 5.46 Å². The summed E-state index contributed by atoms with van der Waals surface area (Å²) in [5.41, 5.74) is 12.8. The Morgan fingerprint density at radius 1 is 0.432 bits per heavy atom. The number of halogens is 3. The zero-order chi connectivity index (χ0) is 31.1. The average Bonchev–Trinajstić information content (AvgIpc) is 3.03. The minimum Gasteiger partial charge on any atom is -0.0870 e. The van der Waals surface area contributed by atoms with Gasteiger partial charge < -0.3 is 0 Å². The molecule has 5 rings (SSSR count). The van der Waals surface area contributed by atoms with Gasteiger partial charge in [0, 0.05) is 13.4 Å². The molecule has 5 aromatic carbocycles. The lowest BCUT2D eigenvalue weighted by Gasteiger charge is -2.17. The first kappa shape index (κ1) is 32.0. The summed E-state index contributed by atoms with van der Waals surface area (Å²) in [6, 6.07) is 34.4. The number of hydrogen-bond donors (Lipinski definition) is 0. The monoisotopic (exact) mass is 760 g/mol. The van der Waals surface area contributed by atoms with Crippen molar-refractivity contribution in [2.24, 2.45) is 0 Å². The molecule has 216 valence electrons. The van der Waals surface area contributed by atoms with Crippen LogP contribution in [0.1, 0.15) is 47.2 Å². The van der Waals surface area contributed by atoms with Gasteiger partial charge in [-0.15, -0.1) is 0 Å². The van der Waals surface area contributed by atoms with E-state index < -0.39 is 0 Å². The Labute approximate surface area is 287 Å². The number of hydrogen-bond acceptors (Lipinski definition) is 0. The maximum absolute atomic E-state index is 3.95. The highest BCUT2D eigenvalue weighted by Crippen LogP contribution is 2.41. The molecule has 5 aromatic rings. The van der Waals surface area contributed by atoms with Crippen molar-refractivity contribution >= 4 is 97.6 Å². The van der Waals surface area contributed by atoms with Gasteiger partial charge in [-0.2, -0.15) is 0 Å². The summed E-state index contributed by atoms with van der Waals surface area (Å²) in [5.74, 6) is 0. The topological polar surface area (TPSA) is 0 Å². The van der Waals surface area contributed by atoms with Gasteiger partial charge in [0.1, 0.15) is 7.85 Å². The summed E-state index contributed by atoms with van der Waals surface area (Å²) >= 11 is 11.7. The van der Waals surface area contributed by atoms with Crippen molar-refractivity contribution < 1.29 is 0 Å². The van der Waals surface area contributed by atoms with Crippen LogP contribution in [0.15, 0.2) is 123 Å². The van der Waals surface area contributed by atoms with Gasteiger partial charge in [0.25, 0.3) is 0 Å². The van der Waals surface area contributed by atoms with E-state index in [1.165, 1.54) is 38.8 Å². The van der Waals surface area contributed by atoms with E-state index in [-0.39, 0.29) is 0 Å². The Morgan fingerprint density at radius 3 is 1.34 bits per heavy atom. The molecular formula is C40H32BBr3. The normalized spacial score (nSPS) is 11.9. The second kappa shape index (κ2) is 15.0. The highest BCUT2D eigenvalue weighted by Gasteiger charge is 2.16. The summed E-state index contributed by atoms with van der Waals surface area (Å²) in [6.07, 6.45) is 17.2. The van der Waals surface area contributed by atoms with E-state index >= 15 is 0 Å². The number of rotatable bonds is 8. The van der Waals surface area contributed by atoms with Crippen molar-refractivity contribution in [1.82, 2.24) is 0 Å². The van der Waals surface area contributed by atoms with Crippen molar-refractivity contribution in [3.63, 3.8) is 0 Å². The maximum atomic E-state index is 3.95. The largest absolute Gasteiger partial charge is 0.140 e. The quantitative estimate of drug-likeness (QED) is 0.109. The van der Waals surface area contributed by atoms with E-state index in [4.69, 9.17) is 0 Å². The van der Waals surface area contributed by atoms with Crippen LogP contribution in [-0.2, 0) is 0 Å². The molecule has 0 aliphatic heterocycles. The van der Waals surface area contributed by atoms with Crippen LogP contribution in [-0.4, -0.2) is 7.85 Å². The fourth-order valence-corrected chi connectivity index (χ4v) is 6.93. The molecule has 0 spiro atoms. The van der Waals surface area contributed by atoms with Crippen molar-refractivity contribution in [2.75, 3.05) is 0 Å². The lowest BCUT2D eigenvalue weighted by Crippen LogP contribution is -2.09. The third-order valence-electron chi connectivity index (χ3n) is 7.44. The molecule has 4 heteroatoms.